The van der Waals surface area contributed by atoms with Gasteiger partial charge in [0.15, 0.2) is 0 Å². The summed E-state index contributed by atoms with van der Waals surface area (Å²) < 4.78 is 36.9. The number of nitrogens with two attached hydrogens (primary N) is 1. The maximum Gasteiger partial charge on any atom is 0.490 e. The Morgan fingerprint density at radius 1 is 1.18 bits per heavy atom. The smallest absolute Gasteiger partial charge is 0.475 e. The average Bonchev–Trinajstić information content (AvgIpc) is 2.93. The van der Waals surface area contributed by atoms with Gasteiger partial charge in [0.2, 0.25) is 0 Å². The molecule has 0 aliphatic rings. The number of ether oxygens (including phenoxy) is 1. The first-order chi connectivity index (χ1) is 19.0. The molecular weight excluding hydrogens is 531 g/mol. The maximum absolute atomic E-state index is 12.9. The Kier molecular flexibility index (Phi) is 11.3. The summed E-state index contributed by atoms with van der Waals surface area (Å²) in [6.45, 7) is 1.90. The molecule has 1 amide bonds. The third-order valence-electron chi connectivity index (χ3n) is 5.12. The van der Waals surface area contributed by atoms with Gasteiger partial charge >= 0.3 is 18.1 Å². The topological polar surface area (TPSA) is 168 Å². The molecule has 0 saturated heterocycles. The van der Waals surface area contributed by atoms with E-state index in [1.807, 2.05) is 12.1 Å². The number of hydrogen-bond acceptors (Lipinski definition) is 8. The Hall–Kier alpha value is -5.25. The van der Waals surface area contributed by atoms with Crippen molar-refractivity contribution < 1.29 is 37.4 Å². The molecule has 0 radical (unpaired) electrons. The SMILES string of the molecule is CCOC(=O)C(Cc1ccnc(/C=N\N)c1)NC(=O)c1ccc(-c2ccccc2C#N)cc1.O=C(O)C(F)(F)F. The van der Waals surface area contributed by atoms with Crippen LogP contribution in [0.15, 0.2) is 72.0 Å². The van der Waals surface area contributed by atoms with Crippen molar-refractivity contribution >= 4 is 24.1 Å². The second-order valence-corrected chi connectivity index (χ2v) is 7.89. The van der Waals surface area contributed by atoms with E-state index in [4.69, 9.17) is 20.5 Å². The van der Waals surface area contributed by atoms with Crippen LogP contribution in [-0.4, -0.2) is 53.0 Å². The zero-order valence-corrected chi connectivity index (χ0v) is 21.1. The lowest BCUT2D eigenvalue weighted by molar-refractivity contribution is -0.192. The molecule has 40 heavy (non-hydrogen) atoms. The number of hydrazone groups is 1. The molecule has 0 saturated carbocycles. The van der Waals surface area contributed by atoms with Crippen molar-refractivity contribution in [2.45, 2.75) is 25.6 Å². The highest BCUT2D eigenvalue weighted by Crippen LogP contribution is 2.23. The molecule has 1 heterocycles. The predicted octanol–water partition coefficient (Wildman–Crippen LogP) is 3.45. The van der Waals surface area contributed by atoms with Gasteiger partial charge in [-0.05, 0) is 53.9 Å². The van der Waals surface area contributed by atoms with Crippen molar-refractivity contribution in [3.05, 3.63) is 89.2 Å². The van der Waals surface area contributed by atoms with Crippen LogP contribution in [0.4, 0.5) is 13.2 Å². The van der Waals surface area contributed by atoms with Crippen molar-refractivity contribution in [2.75, 3.05) is 6.61 Å². The lowest BCUT2D eigenvalue weighted by Gasteiger charge is -2.18. The number of benzene rings is 2. The highest BCUT2D eigenvalue weighted by Gasteiger charge is 2.38. The lowest BCUT2D eigenvalue weighted by Crippen LogP contribution is -2.43. The van der Waals surface area contributed by atoms with E-state index >= 15 is 0 Å². The summed E-state index contributed by atoms with van der Waals surface area (Å²) in [6.07, 6.45) is -1.90. The Morgan fingerprint density at radius 2 is 1.82 bits per heavy atom. The van der Waals surface area contributed by atoms with Crippen molar-refractivity contribution in [1.29, 1.82) is 5.26 Å². The summed E-state index contributed by atoms with van der Waals surface area (Å²) in [4.78, 5) is 38.4. The molecule has 0 aliphatic heterocycles. The van der Waals surface area contributed by atoms with Crippen molar-refractivity contribution in [3.8, 4) is 17.2 Å². The fraction of sp³-hybridized carbons (Fsp3) is 0.185. The highest BCUT2D eigenvalue weighted by molar-refractivity contribution is 5.97. The maximum atomic E-state index is 12.9. The number of amides is 1. The molecule has 1 unspecified atom stereocenters. The third kappa shape index (κ3) is 9.25. The van der Waals surface area contributed by atoms with E-state index in [0.29, 0.717) is 16.8 Å². The zero-order valence-electron chi connectivity index (χ0n) is 21.1. The number of aliphatic carboxylic acids is 1. The number of rotatable bonds is 8. The summed E-state index contributed by atoms with van der Waals surface area (Å²) >= 11 is 0. The summed E-state index contributed by atoms with van der Waals surface area (Å²) in [5.41, 5.74) is 3.84. The van der Waals surface area contributed by atoms with Crippen molar-refractivity contribution in [1.82, 2.24) is 10.3 Å². The molecule has 0 spiro atoms. The van der Waals surface area contributed by atoms with Gasteiger partial charge < -0.3 is 21.0 Å². The Balaban J connectivity index is 0.000000708. The fourth-order valence-corrected chi connectivity index (χ4v) is 3.32. The first-order valence-electron chi connectivity index (χ1n) is 11.6. The predicted molar refractivity (Wildman–Crippen MR) is 138 cm³/mol. The molecule has 4 N–H and O–H groups in total. The van der Waals surface area contributed by atoms with E-state index < -0.39 is 30.1 Å². The van der Waals surface area contributed by atoms with Crippen LogP contribution < -0.4 is 11.2 Å². The number of nitriles is 1. The largest absolute Gasteiger partial charge is 0.490 e. The minimum Gasteiger partial charge on any atom is -0.475 e. The Labute approximate surface area is 226 Å². The monoisotopic (exact) mass is 555 g/mol. The summed E-state index contributed by atoms with van der Waals surface area (Å²) in [6, 6.07) is 18.8. The molecule has 13 heteroatoms. The number of carboxylic acids is 1. The zero-order chi connectivity index (χ0) is 29.7. The minimum absolute atomic E-state index is 0.194. The van der Waals surface area contributed by atoms with E-state index in [-0.39, 0.29) is 13.0 Å². The van der Waals surface area contributed by atoms with E-state index in [2.05, 4.69) is 21.5 Å². The van der Waals surface area contributed by atoms with Crippen LogP contribution in [0.2, 0.25) is 0 Å². The number of carbonyl (C=O) groups is 3. The highest BCUT2D eigenvalue weighted by atomic mass is 19.4. The van der Waals surface area contributed by atoms with Gasteiger partial charge in [-0.2, -0.15) is 23.5 Å². The number of hydrogen-bond donors (Lipinski definition) is 3. The molecule has 1 aromatic heterocycles. The van der Waals surface area contributed by atoms with E-state index in [9.17, 15) is 28.0 Å². The Morgan fingerprint density at radius 3 is 2.40 bits per heavy atom. The molecule has 3 aromatic rings. The van der Waals surface area contributed by atoms with E-state index in [0.717, 1.165) is 16.7 Å². The molecule has 0 fully saturated rings. The number of pyridine rings is 1. The number of alkyl halides is 3. The standard InChI is InChI=1S/C25H23N5O3.C2HF3O2/c1-2-33-25(32)23(14-17-11-12-28-21(13-17)16-29-27)30-24(31)19-9-7-18(8-10-19)22-6-4-3-5-20(22)15-26;3-2(4,5)1(6)7/h3-13,16,23H,2,14,27H2,1H3,(H,30,31);(H,6,7)/b29-16-;. The van der Waals surface area contributed by atoms with Crippen LogP contribution in [-0.2, 0) is 20.7 Å². The number of esters is 1. The third-order valence-corrected chi connectivity index (χ3v) is 5.12. The van der Waals surface area contributed by atoms with Gasteiger partial charge in [0.1, 0.15) is 6.04 Å². The number of nitrogens with zero attached hydrogens (tertiary/aromatic N) is 3. The van der Waals surface area contributed by atoms with Gasteiger partial charge in [-0.25, -0.2) is 9.59 Å². The fourth-order valence-electron chi connectivity index (χ4n) is 3.32. The molecule has 1 atom stereocenters. The second-order valence-electron chi connectivity index (χ2n) is 7.89. The van der Waals surface area contributed by atoms with Gasteiger partial charge in [0.25, 0.3) is 5.91 Å². The molecule has 2 aromatic carbocycles. The average molecular weight is 556 g/mol. The minimum atomic E-state index is -5.08. The van der Waals surface area contributed by atoms with Crippen LogP contribution in [0.5, 0.6) is 0 Å². The quantitative estimate of drug-likeness (QED) is 0.164. The molecule has 208 valence electrons. The molecule has 0 bridgehead atoms. The van der Waals surface area contributed by atoms with Crippen molar-refractivity contribution in [2.24, 2.45) is 10.9 Å². The normalized spacial score (nSPS) is 11.5. The number of carboxylic acid groups (broad SMARTS) is 1. The van der Waals surface area contributed by atoms with Gasteiger partial charge in [0.05, 0.1) is 30.1 Å². The van der Waals surface area contributed by atoms with E-state index in [1.54, 1.807) is 61.7 Å². The van der Waals surface area contributed by atoms with Crippen LogP contribution in [0.3, 0.4) is 0 Å². The van der Waals surface area contributed by atoms with Gasteiger partial charge in [0, 0.05) is 18.2 Å². The number of halogens is 3. The number of aromatic nitrogens is 1. The number of carbonyl (C=O) groups excluding carboxylic acids is 2. The van der Waals surface area contributed by atoms with Crippen LogP contribution in [0.1, 0.15) is 34.1 Å². The second kappa shape index (κ2) is 14.6. The van der Waals surface area contributed by atoms with Gasteiger partial charge in [-0.1, -0.05) is 30.3 Å². The summed E-state index contributed by atoms with van der Waals surface area (Å²) in [5, 5.41) is 22.6. The van der Waals surface area contributed by atoms with Crippen LogP contribution in [0.25, 0.3) is 11.1 Å². The van der Waals surface area contributed by atoms with Gasteiger partial charge in [-0.15, -0.1) is 0 Å². The van der Waals surface area contributed by atoms with Crippen molar-refractivity contribution in [3.63, 3.8) is 0 Å². The van der Waals surface area contributed by atoms with Crippen LogP contribution >= 0.6 is 0 Å². The Bertz CT molecular complexity index is 1400. The molecule has 3 rings (SSSR count). The summed E-state index contributed by atoms with van der Waals surface area (Å²) in [5.74, 6) is 1.48. The number of nitrogens with one attached hydrogen (secondary N) is 1. The molecule has 0 aliphatic carbocycles. The van der Waals surface area contributed by atoms with Gasteiger partial charge in [-0.3, -0.25) is 9.78 Å². The molecule has 10 nitrogen and oxygen atoms in total. The first-order valence-corrected chi connectivity index (χ1v) is 11.6. The summed E-state index contributed by atoms with van der Waals surface area (Å²) in [7, 11) is 0. The molecular formula is C27H24F3N5O5. The van der Waals surface area contributed by atoms with Crippen LogP contribution in [0, 0.1) is 11.3 Å². The first kappa shape index (κ1) is 31.0. The van der Waals surface area contributed by atoms with E-state index in [1.165, 1.54) is 6.21 Å². The lowest BCUT2D eigenvalue weighted by atomic mass is 9.99.